The number of aromatic nitrogens is 2. The maximum absolute atomic E-state index is 12.7. The van der Waals surface area contributed by atoms with E-state index in [1.807, 2.05) is 4.90 Å². The van der Waals surface area contributed by atoms with Gasteiger partial charge in [-0.25, -0.2) is 9.97 Å². The van der Waals surface area contributed by atoms with E-state index in [0.717, 1.165) is 31.7 Å². The van der Waals surface area contributed by atoms with E-state index >= 15 is 0 Å². The Kier molecular flexibility index (Phi) is 4.36. The standard InChI is InChI=1S/C16H24N4O/c17-15-14(18-8-9-19-15)16(21)20-10-4-7-13(20)11-12-5-2-1-3-6-12/h8-9,12-13H,1-7,10-11H2,(H2,17,19). The first-order chi connectivity index (χ1) is 10.3. The molecule has 1 aromatic heterocycles. The molecule has 21 heavy (non-hydrogen) atoms. The average Bonchev–Trinajstić information content (AvgIpc) is 2.96. The van der Waals surface area contributed by atoms with Gasteiger partial charge in [0.25, 0.3) is 5.91 Å². The minimum Gasteiger partial charge on any atom is -0.382 e. The molecular formula is C16H24N4O. The van der Waals surface area contributed by atoms with Crippen LogP contribution in [-0.2, 0) is 0 Å². The Morgan fingerprint density at radius 1 is 1.14 bits per heavy atom. The minimum atomic E-state index is -0.0427. The number of likely N-dealkylation sites (tertiary alicyclic amines) is 1. The first kappa shape index (κ1) is 14.3. The first-order valence-corrected chi connectivity index (χ1v) is 8.13. The number of amides is 1. The summed E-state index contributed by atoms with van der Waals surface area (Å²) in [6.07, 6.45) is 13.1. The maximum atomic E-state index is 12.7. The fraction of sp³-hybridized carbons (Fsp3) is 0.688. The summed E-state index contributed by atoms with van der Waals surface area (Å²) in [5.41, 5.74) is 6.11. The Hall–Kier alpha value is -1.65. The lowest BCUT2D eigenvalue weighted by molar-refractivity contribution is 0.0706. The van der Waals surface area contributed by atoms with Crippen LogP contribution in [0.1, 0.15) is 61.9 Å². The van der Waals surface area contributed by atoms with E-state index in [9.17, 15) is 4.79 Å². The summed E-state index contributed by atoms with van der Waals surface area (Å²) in [4.78, 5) is 22.7. The van der Waals surface area contributed by atoms with Crippen molar-refractivity contribution in [2.75, 3.05) is 12.3 Å². The number of hydrogen-bond donors (Lipinski definition) is 1. The van der Waals surface area contributed by atoms with Gasteiger partial charge >= 0.3 is 0 Å². The molecule has 2 fully saturated rings. The quantitative estimate of drug-likeness (QED) is 0.928. The fourth-order valence-corrected chi connectivity index (χ4v) is 3.81. The third-order valence-electron chi connectivity index (χ3n) is 4.90. The van der Waals surface area contributed by atoms with Crippen molar-refractivity contribution in [3.63, 3.8) is 0 Å². The Labute approximate surface area is 125 Å². The van der Waals surface area contributed by atoms with Crippen LogP contribution in [0.2, 0.25) is 0 Å². The molecule has 0 radical (unpaired) electrons. The van der Waals surface area contributed by atoms with Gasteiger partial charge in [0, 0.05) is 25.0 Å². The molecule has 1 aromatic rings. The molecule has 1 saturated carbocycles. The lowest BCUT2D eigenvalue weighted by atomic mass is 9.84. The van der Waals surface area contributed by atoms with Gasteiger partial charge in [0.05, 0.1) is 0 Å². The number of nitrogens with zero attached hydrogens (tertiary/aromatic N) is 3. The van der Waals surface area contributed by atoms with Gasteiger partial charge < -0.3 is 10.6 Å². The SMILES string of the molecule is Nc1nccnc1C(=O)N1CCCC1CC1CCCCC1. The third-order valence-corrected chi connectivity index (χ3v) is 4.90. The second kappa shape index (κ2) is 6.41. The Morgan fingerprint density at radius 3 is 2.67 bits per heavy atom. The molecule has 1 saturated heterocycles. The second-order valence-corrected chi connectivity index (χ2v) is 6.32. The highest BCUT2D eigenvalue weighted by molar-refractivity contribution is 5.96. The zero-order valence-corrected chi connectivity index (χ0v) is 12.5. The van der Waals surface area contributed by atoms with Gasteiger partial charge in [-0.2, -0.15) is 0 Å². The van der Waals surface area contributed by atoms with Crippen LogP contribution in [0.3, 0.4) is 0 Å². The van der Waals surface area contributed by atoms with E-state index in [1.54, 1.807) is 0 Å². The summed E-state index contributed by atoms with van der Waals surface area (Å²) in [5, 5.41) is 0. The smallest absolute Gasteiger partial charge is 0.276 e. The molecule has 1 atom stereocenters. The summed E-state index contributed by atoms with van der Waals surface area (Å²) in [7, 11) is 0. The zero-order chi connectivity index (χ0) is 14.7. The normalized spacial score (nSPS) is 23.4. The summed E-state index contributed by atoms with van der Waals surface area (Å²) >= 11 is 0. The van der Waals surface area contributed by atoms with Crippen molar-refractivity contribution >= 4 is 11.7 Å². The molecule has 1 aliphatic heterocycles. The molecule has 1 unspecified atom stereocenters. The molecule has 1 amide bonds. The molecule has 2 aliphatic rings. The zero-order valence-electron chi connectivity index (χ0n) is 12.5. The van der Waals surface area contributed by atoms with Crippen LogP contribution in [0.25, 0.3) is 0 Å². The number of carbonyl (C=O) groups excluding carboxylic acids is 1. The van der Waals surface area contributed by atoms with Crippen molar-refractivity contribution in [3.05, 3.63) is 18.1 Å². The van der Waals surface area contributed by atoms with Crippen LogP contribution >= 0.6 is 0 Å². The van der Waals surface area contributed by atoms with Crippen molar-refractivity contribution in [3.8, 4) is 0 Å². The second-order valence-electron chi connectivity index (χ2n) is 6.32. The van der Waals surface area contributed by atoms with Crippen LogP contribution in [0.15, 0.2) is 12.4 Å². The number of carbonyl (C=O) groups is 1. The topological polar surface area (TPSA) is 72.1 Å². The monoisotopic (exact) mass is 288 g/mol. The van der Waals surface area contributed by atoms with Gasteiger partial charge in [0.2, 0.25) is 0 Å². The van der Waals surface area contributed by atoms with Crippen LogP contribution in [0, 0.1) is 5.92 Å². The summed E-state index contributed by atoms with van der Waals surface area (Å²) < 4.78 is 0. The van der Waals surface area contributed by atoms with E-state index < -0.39 is 0 Å². The number of nitrogen functional groups attached to an aromatic ring is 1. The molecule has 1 aliphatic carbocycles. The van der Waals surface area contributed by atoms with Crippen molar-refractivity contribution in [2.24, 2.45) is 5.92 Å². The number of nitrogens with two attached hydrogens (primary N) is 1. The van der Waals surface area contributed by atoms with E-state index in [-0.39, 0.29) is 11.7 Å². The molecule has 0 spiro atoms. The molecule has 5 nitrogen and oxygen atoms in total. The molecule has 2 heterocycles. The lowest BCUT2D eigenvalue weighted by Gasteiger charge is -2.30. The number of hydrogen-bond acceptors (Lipinski definition) is 4. The van der Waals surface area contributed by atoms with Crippen LogP contribution in [-0.4, -0.2) is 33.4 Å². The first-order valence-electron chi connectivity index (χ1n) is 8.13. The van der Waals surface area contributed by atoms with Crippen molar-refractivity contribution in [1.82, 2.24) is 14.9 Å². The van der Waals surface area contributed by atoms with Crippen LogP contribution < -0.4 is 5.73 Å². The highest BCUT2D eigenvalue weighted by Crippen LogP contribution is 2.32. The highest BCUT2D eigenvalue weighted by atomic mass is 16.2. The molecular weight excluding hydrogens is 264 g/mol. The van der Waals surface area contributed by atoms with Crippen molar-refractivity contribution < 1.29 is 4.79 Å². The van der Waals surface area contributed by atoms with E-state index in [4.69, 9.17) is 5.73 Å². The van der Waals surface area contributed by atoms with Gasteiger partial charge in [-0.3, -0.25) is 4.79 Å². The summed E-state index contributed by atoms with van der Waals surface area (Å²) in [6.45, 7) is 0.826. The Bertz CT molecular complexity index is 499. The highest BCUT2D eigenvalue weighted by Gasteiger charge is 2.33. The van der Waals surface area contributed by atoms with Gasteiger partial charge in [0.1, 0.15) is 0 Å². The maximum Gasteiger partial charge on any atom is 0.276 e. The van der Waals surface area contributed by atoms with E-state index in [1.165, 1.54) is 44.5 Å². The summed E-state index contributed by atoms with van der Waals surface area (Å²) in [6, 6.07) is 0.363. The number of anilines is 1. The Morgan fingerprint density at radius 2 is 1.90 bits per heavy atom. The van der Waals surface area contributed by atoms with Crippen LogP contribution in [0.5, 0.6) is 0 Å². The van der Waals surface area contributed by atoms with Gasteiger partial charge in [-0.05, 0) is 25.2 Å². The van der Waals surface area contributed by atoms with E-state index in [0.29, 0.717) is 11.7 Å². The van der Waals surface area contributed by atoms with Gasteiger partial charge in [0.15, 0.2) is 11.5 Å². The lowest BCUT2D eigenvalue weighted by Crippen LogP contribution is -2.37. The third kappa shape index (κ3) is 3.17. The van der Waals surface area contributed by atoms with Gasteiger partial charge in [-0.15, -0.1) is 0 Å². The predicted molar refractivity (Wildman–Crippen MR) is 81.7 cm³/mol. The molecule has 2 N–H and O–H groups in total. The fourth-order valence-electron chi connectivity index (χ4n) is 3.81. The van der Waals surface area contributed by atoms with E-state index in [2.05, 4.69) is 9.97 Å². The van der Waals surface area contributed by atoms with Crippen molar-refractivity contribution in [1.29, 1.82) is 0 Å². The molecule has 0 bridgehead atoms. The average molecular weight is 288 g/mol. The van der Waals surface area contributed by atoms with Crippen LogP contribution in [0.4, 0.5) is 5.82 Å². The number of rotatable bonds is 3. The molecule has 0 aromatic carbocycles. The molecule has 3 rings (SSSR count). The largest absolute Gasteiger partial charge is 0.382 e. The molecule has 114 valence electrons. The predicted octanol–water partition coefficient (Wildman–Crippen LogP) is 2.63. The van der Waals surface area contributed by atoms with Gasteiger partial charge in [-0.1, -0.05) is 32.1 Å². The summed E-state index contributed by atoms with van der Waals surface area (Å²) in [5.74, 6) is 0.987. The minimum absolute atomic E-state index is 0.0427. The Balaban J connectivity index is 1.68. The molecule has 5 heteroatoms. The van der Waals surface area contributed by atoms with Crippen molar-refractivity contribution in [2.45, 2.75) is 57.4 Å².